The number of carbonyl (C=O) groups is 1. The van der Waals surface area contributed by atoms with E-state index in [4.69, 9.17) is 5.73 Å². The molecule has 0 radical (unpaired) electrons. The van der Waals surface area contributed by atoms with Gasteiger partial charge in [-0.05, 0) is 18.2 Å². The van der Waals surface area contributed by atoms with Crippen LogP contribution in [0.15, 0.2) is 29.3 Å². The number of benzene rings is 1. The first-order chi connectivity index (χ1) is 8.11. The molecule has 0 bridgehead atoms. The van der Waals surface area contributed by atoms with E-state index in [0.717, 1.165) is 0 Å². The van der Waals surface area contributed by atoms with Gasteiger partial charge in [0.25, 0.3) is 5.91 Å². The fourth-order valence-electron chi connectivity index (χ4n) is 1.50. The van der Waals surface area contributed by atoms with Crippen molar-refractivity contribution in [2.45, 2.75) is 0 Å². The van der Waals surface area contributed by atoms with E-state index in [1.807, 2.05) is 0 Å². The number of guanidine groups is 1. The van der Waals surface area contributed by atoms with E-state index in [1.54, 1.807) is 24.3 Å². The number of nitrogens with zero attached hydrogens (tertiary/aromatic N) is 1. The molecule has 2 rings (SSSR count). The number of phenolic OH excluding ortho intramolecular Hbond substituents is 1. The molecule has 1 heterocycles. The highest BCUT2D eigenvalue weighted by Crippen LogP contribution is 2.24. The number of fused-ring (bicyclic) bond motifs is 1. The zero-order valence-electron chi connectivity index (χ0n) is 9.19. The maximum atomic E-state index is 11.7. The molecule has 1 aromatic carbocycles. The van der Waals surface area contributed by atoms with Crippen LogP contribution in [0.2, 0.25) is 0 Å². The molecule has 1 aromatic heterocycles. The summed E-state index contributed by atoms with van der Waals surface area (Å²) >= 11 is 0. The lowest BCUT2D eigenvalue weighted by Crippen LogP contribution is -2.36. The minimum Gasteiger partial charge on any atom is -0.507 e. The summed E-state index contributed by atoms with van der Waals surface area (Å²) in [4.78, 5) is 18.2. The lowest BCUT2D eigenvalue weighted by Gasteiger charge is -2.00. The van der Waals surface area contributed by atoms with Crippen LogP contribution in [0.1, 0.15) is 10.5 Å². The number of rotatable bonds is 1. The smallest absolute Gasteiger partial charge is 0.274 e. The van der Waals surface area contributed by atoms with E-state index < -0.39 is 5.91 Å². The number of hydrogen-bond donors (Lipinski definition) is 4. The molecular formula is C11H12N4O2. The van der Waals surface area contributed by atoms with Crippen molar-refractivity contribution in [3.8, 4) is 5.75 Å². The maximum absolute atomic E-state index is 11.7. The second kappa shape index (κ2) is 4.17. The zero-order valence-corrected chi connectivity index (χ0v) is 9.19. The van der Waals surface area contributed by atoms with E-state index in [0.29, 0.717) is 16.6 Å². The van der Waals surface area contributed by atoms with Crippen LogP contribution in [0.5, 0.6) is 5.75 Å². The van der Waals surface area contributed by atoms with Gasteiger partial charge in [-0.15, -0.1) is 0 Å². The number of phenols is 1. The normalized spacial score (nSPS) is 11.7. The van der Waals surface area contributed by atoms with Crippen molar-refractivity contribution in [3.63, 3.8) is 0 Å². The predicted molar refractivity (Wildman–Crippen MR) is 65.0 cm³/mol. The Labute approximate surface area is 97.2 Å². The van der Waals surface area contributed by atoms with Crippen molar-refractivity contribution in [1.29, 1.82) is 0 Å². The average molecular weight is 232 g/mol. The molecule has 0 atom stereocenters. The average Bonchev–Trinajstić information content (AvgIpc) is 2.74. The Bertz CT molecular complexity index is 601. The Morgan fingerprint density at radius 1 is 1.53 bits per heavy atom. The van der Waals surface area contributed by atoms with Crippen molar-refractivity contribution in [2.24, 2.45) is 10.7 Å². The number of amides is 1. The second-order valence-corrected chi connectivity index (χ2v) is 3.48. The topological polar surface area (TPSA) is 104 Å². The van der Waals surface area contributed by atoms with Crippen LogP contribution in [0, 0.1) is 0 Å². The molecular weight excluding hydrogens is 220 g/mol. The van der Waals surface area contributed by atoms with Crippen LogP contribution < -0.4 is 11.1 Å². The lowest BCUT2D eigenvalue weighted by molar-refractivity contribution is 0.0972. The highest BCUT2D eigenvalue weighted by Gasteiger charge is 2.11. The molecule has 5 N–H and O–H groups in total. The first kappa shape index (κ1) is 11.0. The summed E-state index contributed by atoms with van der Waals surface area (Å²) in [5.74, 6) is -0.239. The van der Waals surface area contributed by atoms with Crippen molar-refractivity contribution in [1.82, 2.24) is 10.3 Å². The molecule has 0 aliphatic carbocycles. The number of hydrogen-bond acceptors (Lipinski definition) is 3. The first-order valence-corrected chi connectivity index (χ1v) is 4.96. The molecule has 0 fully saturated rings. The van der Waals surface area contributed by atoms with Crippen LogP contribution in [0.25, 0.3) is 10.9 Å². The predicted octanol–water partition coefficient (Wildman–Crippen LogP) is 0.548. The lowest BCUT2D eigenvalue weighted by atomic mass is 10.2. The number of carbonyl (C=O) groups excluding carboxylic acids is 1. The molecule has 0 saturated heterocycles. The van der Waals surface area contributed by atoms with Gasteiger partial charge >= 0.3 is 0 Å². The number of aromatic amines is 1. The molecule has 0 spiro atoms. The molecule has 0 saturated carbocycles. The molecule has 6 nitrogen and oxygen atoms in total. The largest absolute Gasteiger partial charge is 0.507 e. The van der Waals surface area contributed by atoms with E-state index >= 15 is 0 Å². The third-order valence-electron chi connectivity index (χ3n) is 2.37. The Kier molecular flexibility index (Phi) is 2.70. The van der Waals surface area contributed by atoms with Gasteiger partial charge in [-0.3, -0.25) is 15.1 Å². The summed E-state index contributed by atoms with van der Waals surface area (Å²) in [5.41, 5.74) is 6.39. The van der Waals surface area contributed by atoms with E-state index in [1.165, 1.54) is 7.05 Å². The van der Waals surface area contributed by atoms with Gasteiger partial charge in [0.05, 0.1) is 0 Å². The Morgan fingerprint density at radius 2 is 2.29 bits per heavy atom. The summed E-state index contributed by atoms with van der Waals surface area (Å²) in [6, 6.07) is 6.57. The zero-order chi connectivity index (χ0) is 12.4. The Balaban J connectivity index is 2.37. The van der Waals surface area contributed by atoms with Crippen LogP contribution >= 0.6 is 0 Å². The summed E-state index contributed by atoms with van der Waals surface area (Å²) in [7, 11) is 1.48. The van der Waals surface area contributed by atoms with Crippen LogP contribution in [-0.2, 0) is 0 Å². The SMILES string of the molecule is CN=C(N)NC(=O)c1cc2c(O)cccc2[nH]1. The Hall–Kier alpha value is -2.50. The number of nitrogens with one attached hydrogen (secondary N) is 2. The fourth-order valence-corrected chi connectivity index (χ4v) is 1.50. The summed E-state index contributed by atoms with van der Waals surface area (Å²) in [6.45, 7) is 0. The minimum atomic E-state index is -0.399. The van der Waals surface area contributed by atoms with Gasteiger partial charge in [0.15, 0.2) is 5.96 Å². The van der Waals surface area contributed by atoms with E-state index in [-0.39, 0.29) is 11.7 Å². The van der Waals surface area contributed by atoms with Crippen molar-refractivity contribution in [2.75, 3.05) is 7.05 Å². The molecule has 2 aromatic rings. The van der Waals surface area contributed by atoms with Crippen molar-refractivity contribution < 1.29 is 9.90 Å². The van der Waals surface area contributed by atoms with Crippen LogP contribution in [-0.4, -0.2) is 29.0 Å². The summed E-state index contributed by atoms with van der Waals surface area (Å²) in [6.07, 6.45) is 0. The summed E-state index contributed by atoms with van der Waals surface area (Å²) < 4.78 is 0. The fraction of sp³-hybridized carbons (Fsp3) is 0.0909. The number of nitrogens with two attached hydrogens (primary N) is 1. The molecule has 88 valence electrons. The van der Waals surface area contributed by atoms with Crippen LogP contribution in [0.4, 0.5) is 0 Å². The van der Waals surface area contributed by atoms with E-state index in [9.17, 15) is 9.90 Å². The van der Waals surface area contributed by atoms with Crippen molar-refractivity contribution >= 4 is 22.8 Å². The minimum absolute atomic E-state index is 0.0397. The summed E-state index contributed by atoms with van der Waals surface area (Å²) in [5, 5.41) is 12.6. The maximum Gasteiger partial charge on any atom is 0.274 e. The Morgan fingerprint density at radius 3 is 2.94 bits per heavy atom. The van der Waals surface area contributed by atoms with Crippen molar-refractivity contribution in [3.05, 3.63) is 30.0 Å². The van der Waals surface area contributed by atoms with E-state index in [2.05, 4.69) is 15.3 Å². The molecule has 1 amide bonds. The van der Waals surface area contributed by atoms with Gasteiger partial charge in [-0.1, -0.05) is 6.07 Å². The number of aromatic hydroxyl groups is 1. The number of H-pyrrole nitrogens is 1. The van der Waals surface area contributed by atoms with Gasteiger partial charge in [-0.2, -0.15) is 0 Å². The molecule has 6 heteroatoms. The number of aliphatic imine (C=N–C) groups is 1. The molecule has 0 aliphatic heterocycles. The second-order valence-electron chi connectivity index (χ2n) is 3.48. The standard InChI is InChI=1S/C11H12N4O2/c1-13-11(12)15-10(17)8-5-6-7(14-8)3-2-4-9(6)16/h2-5,14,16H,1H3,(H3,12,13,15,17). The molecule has 0 unspecified atom stereocenters. The molecule has 0 aliphatic rings. The third kappa shape index (κ3) is 2.05. The quantitative estimate of drug-likeness (QED) is 0.426. The monoisotopic (exact) mass is 232 g/mol. The van der Waals surface area contributed by atoms with Gasteiger partial charge < -0.3 is 15.8 Å². The first-order valence-electron chi connectivity index (χ1n) is 4.96. The molecule has 17 heavy (non-hydrogen) atoms. The third-order valence-corrected chi connectivity index (χ3v) is 2.37. The highest BCUT2D eigenvalue weighted by molar-refractivity contribution is 6.07. The van der Waals surface area contributed by atoms with Gasteiger partial charge in [0.2, 0.25) is 0 Å². The van der Waals surface area contributed by atoms with Crippen LogP contribution in [0.3, 0.4) is 0 Å². The van der Waals surface area contributed by atoms with Gasteiger partial charge in [0.1, 0.15) is 11.4 Å². The number of aromatic nitrogens is 1. The highest BCUT2D eigenvalue weighted by atomic mass is 16.3. The van der Waals surface area contributed by atoms with Gasteiger partial charge in [0, 0.05) is 18.0 Å². The van der Waals surface area contributed by atoms with Gasteiger partial charge in [-0.25, -0.2) is 0 Å².